The van der Waals surface area contributed by atoms with Crippen LogP contribution in [0.1, 0.15) is 34.8 Å². The van der Waals surface area contributed by atoms with Gasteiger partial charge in [-0.25, -0.2) is 13.6 Å². The zero-order valence-corrected chi connectivity index (χ0v) is 12.9. The van der Waals surface area contributed by atoms with Crippen LogP contribution >= 0.6 is 0 Å². The SMILES string of the molecule is CC#CCCc1ccc(C(=O)Oc2cc(F)c(C#N)c(F)c2)cc1. The largest absolute Gasteiger partial charge is 0.423 e. The molecule has 2 aromatic rings. The number of carbonyl (C=O) groups is 1. The molecule has 5 heteroatoms. The quantitative estimate of drug-likeness (QED) is 0.485. The summed E-state index contributed by atoms with van der Waals surface area (Å²) in [5, 5.41) is 8.61. The lowest BCUT2D eigenvalue weighted by molar-refractivity contribution is 0.0734. The molecule has 24 heavy (non-hydrogen) atoms. The second kappa shape index (κ2) is 7.89. The Kier molecular flexibility index (Phi) is 5.65. The fourth-order valence-corrected chi connectivity index (χ4v) is 2.02. The first-order chi connectivity index (χ1) is 11.5. The third-order valence-corrected chi connectivity index (χ3v) is 3.24. The van der Waals surface area contributed by atoms with Crippen LogP contribution in [0.15, 0.2) is 36.4 Å². The second-order valence-electron chi connectivity index (χ2n) is 4.89. The molecule has 0 saturated carbocycles. The maximum Gasteiger partial charge on any atom is 0.343 e. The summed E-state index contributed by atoms with van der Waals surface area (Å²) < 4.78 is 31.9. The average molecular weight is 325 g/mol. The molecule has 0 heterocycles. The van der Waals surface area contributed by atoms with Crippen molar-refractivity contribution in [3.05, 3.63) is 64.7 Å². The van der Waals surface area contributed by atoms with Crippen LogP contribution in [0.3, 0.4) is 0 Å². The molecule has 0 amide bonds. The van der Waals surface area contributed by atoms with Gasteiger partial charge in [-0.15, -0.1) is 11.8 Å². The predicted octanol–water partition coefficient (Wildman–Crippen LogP) is 4.01. The minimum atomic E-state index is -1.08. The van der Waals surface area contributed by atoms with Crippen molar-refractivity contribution in [3.63, 3.8) is 0 Å². The van der Waals surface area contributed by atoms with E-state index in [0.717, 1.165) is 30.5 Å². The van der Waals surface area contributed by atoms with Gasteiger partial charge in [0, 0.05) is 18.6 Å². The van der Waals surface area contributed by atoms with Crippen molar-refractivity contribution in [2.24, 2.45) is 0 Å². The molecule has 120 valence electrons. The molecule has 0 atom stereocenters. The van der Waals surface area contributed by atoms with Crippen molar-refractivity contribution in [1.29, 1.82) is 5.26 Å². The third kappa shape index (κ3) is 4.18. The van der Waals surface area contributed by atoms with E-state index in [-0.39, 0.29) is 11.3 Å². The molecular formula is C19H13F2NO2. The van der Waals surface area contributed by atoms with E-state index in [0.29, 0.717) is 0 Å². The minimum absolute atomic E-state index is 0.255. The van der Waals surface area contributed by atoms with Crippen LogP contribution in [0.5, 0.6) is 5.75 Å². The standard InChI is InChI=1S/C19H13F2NO2/c1-2-3-4-5-13-6-8-14(9-7-13)19(23)24-15-10-17(20)16(12-22)18(21)11-15/h6-11H,4-5H2,1H3. The van der Waals surface area contributed by atoms with Gasteiger partial charge in [0.25, 0.3) is 0 Å². The highest BCUT2D eigenvalue weighted by Gasteiger charge is 2.14. The first-order valence-corrected chi connectivity index (χ1v) is 7.15. The predicted molar refractivity (Wildman–Crippen MR) is 84.2 cm³/mol. The number of hydrogen-bond donors (Lipinski definition) is 0. The monoisotopic (exact) mass is 325 g/mol. The van der Waals surface area contributed by atoms with Gasteiger partial charge in [-0.05, 0) is 31.0 Å². The molecule has 0 aliphatic carbocycles. The van der Waals surface area contributed by atoms with Gasteiger partial charge in [0.05, 0.1) is 5.56 Å². The van der Waals surface area contributed by atoms with E-state index in [1.807, 2.05) is 0 Å². The molecule has 0 N–H and O–H groups in total. The lowest BCUT2D eigenvalue weighted by atomic mass is 10.1. The van der Waals surface area contributed by atoms with E-state index in [4.69, 9.17) is 10.00 Å². The van der Waals surface area contributed by atoms with Crippen LogP contribution in [0, 0.1) is 34.8 Å². The van der Waals surface area contributed by atoms with Crippen molar-refractivity contribution in [3.8, 4) is 23.7 Å². The number of ether oxygens (including phenoxy) is 1. The molecule has 0 aliphatic heterocycles. The normalized spacial score (nSPS) is 9.58. The fraction of sp³-hybridized carbons (Fsp3) is 0.158. The molecule has 2 aromatic carbocycles. The summed E-state index contributed by atoms with van der Waals surface area (Å²) in [5.74, 6) is 2.57. The molecular weight excluding hydrogens is 312 g/mol. The van der Waals surface area contributed by atoms with E-state index in [1.165, 1.54) is 6.07 Å². The van der Waals surface area contributed by atoms with Gasteiger partial charge in [-0.1, -0.05) is 12.1 Å². The van der Waals surface area contributed by atoms with E-state index in [1.54, 1.807) is 31.2 Å². The van der Waals surface area contributed by atoms with Crippen molar-refractivity contribution < 1.29 is 18.3 Å². The Balaban J connectivity index is 2.09. The lowest BCUT2D eigenvalue weighted by Gasteiger charge is -2.06. The summed E-state index contributed by atoms with van der Waals surface area (Å²) in [7, 11) is 0. The topological polar surface area (TPSA) is 50.1 Å². The van der Waals surface area contributed by atoms with Crippen LogP contribution in [0.25, 0.3) is 0 Å². The van der Waals surface area contributed by atoms with Crippen molar-refractivity contribution >= 4 is 5.97 Å². The number of nitriles is 1. The zero-order chi connectivity index (χ0) is 17.5. The number of benzene rings is 2. The number of aryl methyl sites for hydroxylation is 1. The maximum absolute atomic E-state index is 13.5. The van der Waals surface area contributed by atoms with Gasteiger partial charge in [-0.2, -0.15) is 5.26 Å². The summed E-state index contributed by atoms with van der Waals surface area (Å²) in [6.07, 6.45) is 1.49. The van der Waals surface area contributed by atoms with Crippen LogP contribution < -0.4 is 4.74 Å². The number of carbonyl (C=O) groups excluding carboxylic acids is 1. The third-order valence-electron chi connectivity index (χ3n) is 3.24. The summed E-state index contributed by atoms with van der Waals surface area (Å²) in [6.45, 7) is 1.77. The van der Waals surface area contributed by atoms with Gasteiger partial charge in [0.2, 0.25) is 0 Å². The average Bonchev–Trinajstić information content (AvgIpc) is 2.55. The molecule has 0 radical (unpaired) electrons. The molecule has 0 fully saturated rings. The molecule has 0 aromatic heterocycles. The highest BCUT2D eigenvalue weighted by molar-refractivity contribution is 5.91. The van der Waals surface area contributed by atoms with Crippen LogP contribution in [-0.4, -0.2) is 5.97 Å². The Morgan fingerprint density at radius 1 is 1.17 bits per heavy atom. The molecule has 3 nitrogen and oxygen atoms in total. The molecule has 0 aliphatic rings. The Hall–Kier alpha value is -3.18. The molecule has 0 bridgehead atoms. The lowest BCUT2D eigenvalue weighted by Crippen LogP contribution is -2.09. The number of hydrogen-bond acceptors (Lipinski definition) is 3. The summed E-state index contributed by atoms with van der Waals surface area (Å²) in [4.78, 5) is 12.0. The van der Waals surface area contributed by atoms with E-state index in [2.05, 4.69) is 11.8 Å². The minimum Gasteiger partial charge on any atom is -0.423 e. The number of rotatable bonds is 4. The Labute approximate surface area is 138 Å². The fourth-order valence-electron chi connectivity index (χ4n) is 2.02. The van der Waals surface area contributed by atoms with Crippen molar-refractivity contribution in [1.82, 2.24) is 0 Å². The van der Waals surface area contributed by atoms with Crippen LogP contribution in [0.2, 0.25) is 0 Å². The van der Waals surface area contributed by atoms with Crippen LogP contribution in [0.4, 0.5) is 8.78 Å². The maximum atomic E-state index is 13.5. The first kappa shape index (κ1) is 17.2. The summed E-state index contributed by atoms with van der Waals surface area (Å²) in [5.41, 5.74) is 0.560. The van der Waals surface area contributed by atoms with Gasteiger partial charge in [-0.3, -0.25) is 0 Å². The van der Waals surface area contributed by atoms with Crippen molar-refractivity contribution in [2.75, 3.05) is 0 Å². The Morgan fingerprint density at radius 3 is 2.33 bits per heavy atom. The smallest absolute Gasteiger partial charge is 0.343 e. The van der Waals surface area contributed by atoms with E-state index >= 15 is 0 Å². The number of esters is 1. The second-order valence-corrected chi connectivity index (χ2v) is 4.89. The first-order valence-electron chi connectivity index (χ1n) is 7.15. The molecule has 2 rings (SSSR count). The van der Waals surface area contributed by atoms with Crippen LogP contribution in [-0.2, 0) is 6.42 Å². The highest BCUT2D eigenvalue weighted by Crippen LogP contribution is 2.21. The van der Waals surface area contributed by atoms with E-state index < -0.39 is 23.2 Å². The van der Waals surface area contributed by atoms with Gasteiger partial charge >= 0.3 is 5.97 Å². The van der Waals surface area contributed by atoms with Gasteiger partial charge in [0.1, 0.15) is 29.0 Å². The number of nitrogens with zero attached hydrogens (tertiary/aromatic N) is 1. The van der Waals surface area contributed by atoms with Gasteiger partial charge in [0.15, 0.2) is 0 Å². The molecule has 0 saturated heterocycles. The van der Waals surface area contributed by atoms with E-state index in [9.17, 15) is 13.6 Å². The summed E-state index contributed by atoms with van der Waals surface area (Å²) in [6, 6.07) is 9.71. The number of halogens is 2. The van der Waals surface area contributed by atoms with Crippen molar-refractivity contribution in [2.45, 2.75) is 19.8 Å². The Morgan fingerprint density at radius 2 is 1.79 bits per heavy atom. The molecule has 0 spiro atoms. The summed E-state index contributed by atoms with van der Waals surface area (Å²) >= 11 is 0. The highest BCUT2D eigenvalue weighted by atomic mass is 19.1. The zero-order valence-electron chi connectivity index (χ0n) is 12.9. The molecule has 0 unspecified atom stereocenters. The van der Waals surface area contributed by atoms with Gasteiger partial charge < -0.3 is 4.74 Å². The Bertz CT molecular complexity index is 833.